The quantitative estimate of drug-likeness (QED) is 0.854. The number of carbonyl (C=O) groups excluding carboxylic acids is 2. The molecule has 0 bridgehead atoms. The molecule has 0 aliphatic carbocycles. The molecule has 0 aromatic heterocycles. The summed E-state index contributed by atoms with van der Waals surface area (Å²) in [6.45, 7) is 1.76. The summed E-state index contributed by atoms with van der Waals surface area (Å²) in [6.07, 6.45) is 0.511. The summed E-state index contributed by atoms with van der Waals surface area (Å²) >= 11 is 0. The number of nitrogens with two attached hydrogens (primary N) is 1. The molecule has 0 aliphatic rings. The maximum absolute atomic E-state index is 13.9. The third-order valence-electron chi connectivity index (χ3n) is 3.66. The van der Waals surface area contributed by atoms with Crippen LogP contribution in [0.3, 0.4) is 0 Å². The predicted octanol–water partition coefficient (Wildman–Crippen LogP) is 2.75. The van der Waals surface area contributed by atoms with Crippen LogP contribution in [0.5, 0.6) is 5.75 Å². The number of ether oxygens (including phenoxy) is 1. The summed E-state index contributed by atoms with van der Waals surface area (Å²) in [4.78, 5) is 23.2. The first-order chi connectivity index (χ1) is 11.4. The van der Waals surface area contributed by atoms with Gasteiger partial charge in [0, 0.05) is 11.5 Å². The minimum atomic E-state index is -0.723. The van der Waals surface area contributed by atoms with Crippen molar-refractivity contribution in [2.45, 2.75) is 13.3 Å². The first-order valence-electron chi connectivity index (χ1n) is 7.44. The first kappa shape index (κ1) is 17.5. The van der Waals surface area contributed by atoms with E-state index in [0.717, 1.165) is 17.4 Å². The van der Waals surface area contributed by atoms with E-state index in [-0.39, 0.29) is 23.1 Å². The molecule has 24 heavy (non-hydrogen) atoms. The molecule has 5 nitrogen and oxygen atoms in total. The van der Waals surface area contributed by atoms with Gasteiger partial charge in [-0.05, 0) is 42.3 Å². The van der Waals surface area contributed by atoms with Crippen molar-refractivity contribution in [1.29, 1.82) is 0 Å². The summed E-state index contributed by atoms with van der Waals surface area (Å²) < 4.78 is 19.0. The first-order valence-corrected chi connectivity index (χ1v) is 7.44. The van der Waals surface area contributed by atoms with Crippen LogP contribution in [0.1, 0.15) is 22.8 Å². The number of hydrogen-bond donors (Lipinski definition) is 2. The van der Waals surface area contributed by atoms with Crippen molar-refractivity contribution in [3.63, 3.8) is 0 Å². The van der Waals surface area contributed by atoms with Crippen molar-refractivity contribution >= 4 is 17.5 Å². The second kappa shape index (κ2) is 7.59. The number of amides is 2. The lowest BCUT2D eigenvalue weighted by atomic mass is 10.00. The highest BCUT2D eigenvalue weighted by Crippen LogP contribution is 2.19. The summed E-state index contributed by atoms with van der Waals surface area (Å²) in [7, 11) is 1.59. The summed E-state index contributed by atoms with van der Waals surface area (Å²) in [5.74, 6) is -1.34. The number of carbonyl (C=O) groups is 2. The Hall–Kier alpha value is -2.89. The van der Waals surface area contributed by atoms with Crippen LogP contribution in [-0.4, -0.2) is 18.9 Å². The number of benzene rings is 2. The third-order valence-corrected chi connectivity index (χ3v) is 3.66. The highest BCUT2D eigenvalue weighted by molar-refractivity contribution is 5.95. The van der Waals surface area contributed by atoms with Crippen LogP contribution in [0.15, 0.2) is 42.5 Å². The van der Waals surface area contributed by atoms with Crippen LogP contribution in [-0.2, 0) is 11.2 Å². The molecule has 2 aromatic rings. The lowest BCUT2D eigenvalue weighted by Crippen LogP contribution is -2.23. The van der Waals surface area contributed by atoms with Gasteiger partial charge in [-0.25, -0.2) is 4.39 Å². The Morgan fingerprint density at radius 2 is 1.88 bits per heavy atom. The molecule has 0 saturated heterocycles. The topological polar surface area (TPSA) is 81.4 Å². The summed E-state index contributed by atoms with van der Waals surface area (Å²) in [5.41, 5.74) is 6.13. The minimum absolute atomic E-state index is 0.0200. The number of nitrogens with one attached hydrogen (secondary N) is 1. The van der Waals surface area contributed by atoms with Crippen molar-refractivity contribution in [3.05, 3.63) is 59.4 Å². The highest BCUT2D eigenvalue weighted by atomic mass is 19.1. The van der Waals surface area contributed by atoms with Crippen molar-refractivity contribution in [2.24, 2.45) is 11.7 Å². The van der Waals surface area contributed by atoms with Gasteiger partial charge in [0.1, 0.15) is 11.6 Å². The van der Waals surface area contributed by atoms with Gasteiger partial charge in [0.05, 0.1) is 12.8 Å². The number of hydrogen-bond acceptors (Lipinski definition) is 3. The lowest BCUT2D eigenvalue weighted by Gasteiger charge is -2.13. The molecule has 3 N–H and O–H groups in total. The van der Waals surface area contributed by atoms with E-state index in [9.17, 15) is 14.0 Å². The van der Waals surface area contributed by atoms with Crippen LogP contribution >= 0.6 is 0 Å². The van der Waals surface area contributed by atoms with Crippen molar-refractivity contribution in [3.8, 4) is 5.75 Å². The van der Waals surface area contributed by atoms with Crippen LogP contribution in [0.25, 0.3) is 0 Å². The van der Waals surface area contributed by atoms with E-state index in [4.69, 9.17) is 10.5 Å². The van der Waals surface area contributed by atoms with Crippen LogP contribution in [0.4, 0.5) is 10.1 Å². The van der Waals surface area contributed by atoms with Gasteiger partial charge in [-0.15, -0.1) is 0 Å². The molecule has 0 radical (unpaired) electrons. The summed E-state index contributed by atoms with van der Waals surface area (Å²) in [5, 5.41) is 2.53. The molecule has 2 aromatic carbocycles. The number of methoxy groups -OCH3 is 1. The fourth-order valence-electron chi connectivity index (χ4n) is 2.23. The molecule has 1 atom stereocenters. The van der Waals surface area contributed by atoms with E-state index in [1.54, 1.807) is 14.0 Å². The molecule has 0 spiro atoms. The monoisotopic (exact) mass is 330 g/mol. The molecule has 2 rings (SSSR count). The number of primary amides is 1. The predicted molar refractivity (Wildman–Crippen MR) is 89.4 cm³/mol. The van der Waals surface area contributed by atoms with Gasteiger partial charge in [0.2, 0.25) is 11.8 Å². The van der Waals surface area contributed by atoms with Gasteiger partial charge in [-0.2, -0.15) is 0 Å². The zero-order valence-corrected chi connectivity index (χ0v) is 13.5. The molecule has 0 fully saturated rings. The number of rotatable bonds is 6. The molecular weight excluding hydrogens is 311 g/mol. The minimum Gasteiger partial charge on any atom is -0.497 e. The van der Waals surface area contributed by atoms with Gasteiger partial charge < -0.3 is 15.8 Å². The lowest BCUT2D eigenvalue weighted by molar-refractivity contribution is -0.119. The number of halogens is 1. The van der Waals surface area contributed by atoms with Crippen LogP contribution in [0, 0.1) is 11.7 Å². The van der Waals surface area contributed by atoms with Crippen LogP contribution < -0.4 is 15.8 Å². The molecule has 126 valence electrons. The highest BCUT2D eigenvalue weighted by Gasteiger charge is 2.16. The Morgan fingerprint density at radius 1 is 1.21 bits per heavy atom. The third kappa shape index (κ3) is 4.32. The molecular formula is C18H19FN2O3. The van der Waals surface area contributed by atoms with Crippen molar-refractivity contribution < 1.29 is 18.7 Å². The second-order valence-corrected chi connectivity index (χ2v) is 5.50. The Labute approximate surface area is 139 Å². The van der Waals surface area contributed by atoms with Crippen LogP contribution in [0.2, 0.25) is 0 Å². The fourth-order valence-corrected chi connectivity index (χ4v) is 2.23. The Kier molecular flexibility index (Phi) is 5.52. The normalized spacial score (nSPS) is 11.6. The zero-order valence-electron chi connectivity index (χ0n) is 13.5. The Morgan fingerprint density at radius 3 is 2.42 bits per heavy atom. The second-order valence-electron chi connectivity index (χ2n) is 5.50. The number of anilines is 1. The molecule has 0 heterocycles. The average Bonchev–Trinajstić information content (AvgIpc) is 2.57. The van der Waals surface area contributed by atoms with Gasteiger partial charge in [0.25, 0.3) is 0 Å². The molecule has 6 heteroatoms. The van der Waals surface area contributed by atoms with Gasteiger partial charge >= 0.3 is 0 Å². The van der Waals surface area contributed by atoms with Gasteiger partial charge in [0.15, 0.2) is 0 Å². The SMILES string of the molecule is COc1ccc(C[C@H](C)C(=O)Nc2ccc(C(N)=O)cc2F)cc1. The van der Waals surface area contributed by atoms with Crippen molar-refractivity contribution in [2.75, 3.05) is 12.4 Å². The summed E-state index contributed by atoms with van der Waals surface area (Å²) in [6, 6.07) is 11.1. The van der Waals surface area contributed by atoms with E-state index in [1.807, 2.05) is 24.3 Å². The van der Waals surface area contributed by atoms with E-state index >= 15 is 0 Å². The van der Waals surface area contributed by atoms with E-state index in [0.29, 0.717) is 6.42 Å². The molecule has 0 saturated carbocycles. The van der Waals surface area contributed by atoms with E-state index in [1.165, 1.54) is 12.1 Å². The zero-order chi connectivity index (χ0) is 17.7. The molecule has 0 aliphatic heterocycles. The Bertz CT molecular complexity index is 744. The molecule has 2 amide bonds. The smallest absolute Gasteiger partial charge is 0.248 e. The molecule has 0 unspecified atom stereocenters. The largest absolute Gasteiger partial charge is 0.497 e. The maximum Gasteiger partial charge on any atom is 0.248 e. The average molecular weight is 330 g/mol. The van der Waals surface area contributed by atoms with E-state index < -0.39 is 11.7 Å². The Balaban J connectivity index is 2.01. The van der Waals surface area contributed by atoms with Gasteiger partial charge in [-0.1, -0.05) is 19.1 Å². The fraction of sp³-hybridized carbons (Fsp3) is 0.222. The maximum atomic E-state index is 13.9. The van der Waals surface area contributed by atoms with E-state index in [2.05, 4.69) is 5.32 Å². The van der Waals surface area contributed by atoms with Gasteiger partial charge in [-0.3, -0.25) is 9.59 Å². The van der Waals surface area contributed by atoms with Crippen molar-refractivity contribution in [1.82, 2.24) is 0 Å². The standard InChI is InChI=1S/C18H19FN2O3/c1-11(9-12-3-6-14(24-2)7-4-12)18(23)21-16-8-5-13(17(20)22)10-15(16)19/h3-8,10-11H,9H2,1-2H3,(H2,20,22)(H,21,23)/t11-/m0/s1.